The molecule has 0 unspecified atom stereocenters. The SMILES string of the molecule is C[C@H](NC(=O)c1ccccc1)C(=O)NC1CCCCCC1. The van der Waals surface area contributed by atoms with Crippen LogP contribution in [0.5, 0.6) is 0 Å². The zero-order valence-corrected chi connectivity index (χ0v) is 12.6. The van der Waals surface area contributed by atoms with Crippen molar-refractivity contribution in [2.24, 2.45) is 0 Å². The molecule has 4 nitrogen and oxygen atoms in total. The van der Waals surface area contributed by atoms with Gasteiger partial charge in [-0.3, -0.25) is 9.59 Å². The van der Waals surface area contributed by atoms with Gasteiger partial charge in [0.1, 0.15) is 6.04 Å². The summed E-state index contributed by atoms with van der Waals surface area (Å²) in [5, 5.41) is 5.81. The number of hydrogen-bond donors (Lipinski definition) is 2. The molecule has 0 bridgehead atoms. The molecule has 1 aliphatic carbocycles. The summed E-state index contributed by atoms with van der Waals surface area (Å²) in [4.78, 5) is 24.2. The Bertz CT molecular complexity index is 465. The van der Waals surface area contributed by atoms with Crippen LogP contribution in [0.25, 0.3) is 0 Å². The zero-order valence-electron chi connectivity index (χ0n) is 12.6. The molecule has 1 aliphatic rings. The summed E-state index contributed by atoms with van der Waals surface area (Å²) in [6.07, 6.45) is 6.96. The van der Waals surface area contributed by atoms with Crippen LogP contribution in [0.15, 0.2) is 30.3 Å². The second kappa shape index (κ2) is 7.81. The first kappa shape index (κ1) is 15.5. The van der Waals surface area contributed by atoms with Crippen molar-refractivity contribution in [3.8, 4) is 0 Å². The molecule has 0 aromatic heterocycles. The number of benzene rings is 1. The van der Waals surface area contributed by atoms with Crippen LogP contribution in [0.4, 0.5) is 0 Å². The molecular weight excluding hydrogens is 264 g/mol. The molecule has 114 valence electrons. The van der Waals surface area contributed by atoms with E-state index in [0.717, 1.165) is 12.8 Å². The van der Waals surface area contributed by atoms with Gasteiger partial charge in [-0.25, -0.2) is 0 Å². The molecule has 1 aromatic carbocycles. The van der Waals surface area contributed by atoms with Crippen LogP contribution in [0.2, 0.25) is 0 Å². The highest BCUT2D eigenvalue weighted by Crippen LogP contribution is 2.17. The first-order chi connectivity index (χ1) is 10.2. The van der Waals surface area contributed by atoms with Gasteiger partial charge in [0.2, 0.25) is 5.91 Å². The number of carbonyl (C=O) groups excluding carboxylic acids is 2. The number of carbonyl (C=O) groups is 2. The fourth-order valence-electron chi connectivity index (χ4n) is 2.68. The highest BCUT2D eigenvalue weighted by Gasteiger charge is 2.20. The molecule has 0 radical (unpaired) electrons. The first-order valence-corrected chi connectivity index (χ1v) is 7.83. The van der Waals surface area contributed by atoms with E-state index in [1.807, 2.05) is 18.2 Å². The van der Waals surface area contributed by atoms with Crippen LogP contribution >= 0.6 is 0 Å². The lowest BCUT2D eigenvalue weighted by molar-refractivity contribution is -0.123. The summed E-state index contributed by atoms with van der Waals surface area (Å²) in [7, 11) is 0. The Morgan fingerprint density at radius 3 is 2.29 bits per heavy atom. The van der Waals surface area contributed by atoms with E-state index in [1.165, 1.54) is 25.7 Å². The molecule has 2 amide bonds. The molecule has 1 fully saturated rings. The molecule has 21 heavy (non-hydrogen) atoms. The van der Waals surface area contributed by atoms with Gasteiger partial charge >= 0.3 is 0 Å². The van der Waals surface area contributed by atoms with E-state index < -0.39 is 6.04 Å². The number of hydrogen-bond acceptors (Lipinski definition) is 2. The standard InChI is InChI=1S/C17H24N2O2/c1-13(18-17(21)14-9-5-4-6-10-14)16(20)19-15-11-7-2-3-8-12-15/h4-6,9-10,13,15H,2-3,7-8,11-12H2,1H3,(H,18,21)(H,19,20)/t13-/m0/s1. The fourth-order valence-corrected chi connectivity index (χ4v) is 2.68. The van der Waals surface area contributed by atoms with E-state index in [4.69, 9.17) is 0 Å². The van der Waals surface area contributed by atoms with Gasteiger partial charge in [0.05, 0.1) is 0 Å². The van der Waals surface area contributed by atoms with Crippen molar-refractivity contribution in [2.45, 2.75) is 57.5 Å². The lowest BCUT2D eigenvalue weighted by Gasteiger charge is -2.20. The van der Waals surface area contributed by atoms with Crippen LogP contribution in [-0.2, 0) is 4.79 Å². The zero-order chi connectivity index (χ0) is 15.1. The summed E-state index contributed by atoms with van der Waals surface area (Å²) >= 11 is 0. The largest absolute Gasteiger partial charge is 0.352 e. The van der Waals surface area contributed by atoms with E-state index in [-0.39, 0.29) is 17.9 Å². The lowest BCUT2D eigenvalue weighted by Crippen LogP contribution is -2.48. The van der Waals surface area contributed by atoms with Gasteiger partial charge in [-0.05, 0) is 31.9 Å². The van der Waals surface area contributed by atoms with Crippen molar-refractivity contribution < 1.29 is 9.59 Å². The summed E-state index contributed by atoms with van der Waals surface area (Å²) in [6, 6.07) is 8.71. The van der Waals surface area contributed by atoms with Crippen molar-refractivity contribution in [3.63, 3.8) is 0 Å². The summed E-state index contributed by atoms with van der Waals surface area (Å²) in [5.74, 6) is -0.301. The number of rotatable bonds is 4. The second-order valence-corrected chi connectivity index (χ2v) is 5.76. The molecule has 4 heteroatoms. The van der Waals surface area contributed by atoms with Gasteiger partial charge in [0, 0.05) is 11.6 Å². The minimum absolute atomic E-state index is 0.0915. The Labute approximate surface area is 126 Å². The smallest absolute Gasteiger partial charge is 0.251 e. The Hall–Kier alpha value is -1.84. The topological polar surface area (TPSA) is 58.2 Å². The van der Waals surface area contributed by atoms with Crippen LogP contribution < -0.4 is 10.6 Å². The molecule has 2 N–H and O–H groups in total. The van der Waals surface area contributed by atoms with E-state index >= 15 is 0 Å². The monoisotopic (exact) mass is 288 g/mol. The Morgan fingerprint density at radius 1 is 1.05 bits per heavy atom. The van der Waals surface area contributed by atoms with Crippen LogP contribution in [0, 0.1) is 0 Å². The summed E-state index contributed by atoms with van der Waals surface area (Å²) < 4.78 is 0. The lowest BCUT2D eigenvalue weighted by atomic mass is 10.1. The number of nitrogens with one attached hydrogen (secondary N) is 2. The molecule has 0 spiro atoms. The van der Waals surface area contributed by atoms with Gasteiger partial charge in [0.25, 0.3) is 5.91 Å². The highest BCUT2D eigenvalue weighted by molar-refractivity contribution is 5.97. The average Bonchev–Trinajstić information content (AvgIpc) is 2.76. The maximum atomic E-state index is 12.2. The molecule has 0 saturated heterocycles. The van der Waals surface area contributed by atoms with Gasteiger partial charge in [-0.1, -0.05) is 43.9 Å². The van der Waals surface area contributed by atoms with E-state index in [1.54, 1.807) is 19.1 Å². The Morgan fingerprint density at radius 2 is 1.67 bits per heavy atom. The predicted octanol–water partition coefficient (Wildman–Crippen LogP) is 2.64. The fraction of sp³-hybridized carbons (Fsp3) is 0.529. The Kier molecular flexibility index (Phi) is 5.78. The molecule has 0 heterocycles. The summed E-state index contributed by atoms with van der Waals surface area (Å²) in [5.41, 5.74) is 0.576. The molecular formula is C17H24N2O2. The first-order valence-electron chi connectivity index (χ1n) is 7.83. The molecule has 1 atom stereocenters. The van der Waals surface area contributed by atoms with Crippen molar-refractivity contribution >= 4 is 11.8 Å². The average molecular weight is 288 g/mol. The normalized spacial score (nSPS) is 17.6. The van der Waals surface area contributed by atoms with Gasteiger partial charge in [-0.15, -0.1) is 0 Å². The van der Waals surface area contributed by atoms with Crippen LogP contribution in [0.1, 0.15) is 55.8 Å². The molecule has 2 rings (SSSR count). The van der Waals surface area contributed by atoms with Crippen molar-refractivity contribution in [1.82, 2.24) is 10.6 Å². The van der Waals surface area contributed by atoms with Crippen LogP contribution in [0.3, 0.4) is 0 Å². The molecule has 1 aromatic rings. The van der Waals surface area contributed by atoms with Gasteiger partial charge < -0.3 is 10.6 Å². The van der Waals surface area contributed by atoms with Crippen molar-refractivity contribution in [2.75, 3.05) is 0 Å². The van der Waals surface area contributed by atoms with Gasteiger partial charge in [0.15, 0.2) is 0 Å². The maximum Gasteiger partial charge on any atom is 0.251 e. The van der Waals surface area contributed by atoms with Crippen molar-refractivity contribution in [1.29, 1.82) is 0 Å². The summed E-state index contributed by atoms with van der Waals surface area (Å²) in [6.45, 7) is 1.73. The van der Waals surface area contributed by atoms with Crippen LogP contribution in [-0.4, -0.2) is 23.9 Å². The second-order valence-electron chi connectivity index (χ2n) is 5.76. The van der Waals surface area contributed by atoms with Crippen molar-refractivity contribution in [3.05, 3.63) is 35.9 Å². The van der Waals surface area contributed by atoms with Gasteiger partial charge in [-0.2, -0.15) is 0 Å². The third-order valence-corrected chi connectivity index (χ3v) is 3.98. The highest BCUT2D eigenvalue weighted by atomic mass is 16.2. The van der Waals surface area contributed by atoms with E-state index in [2.05, 4.69) is 10.6 Å². The Balaban J connectivity index is 1.83. The molecule has 1 saturated carbocycles. The minimum atomic E-state index is -0.513. The predicted molar refractivity (Wildman–Crippen MR) is 83.0 cm³/mol. The third kappa shape index (κ3) is 4.88. The third-order valence-electron chi connectivity index (χ3n) is 3.98. The molecule has 0 aliphatic heterocycles. The maximum absolute atomic E-state index is 12.2. The number of amides is 2. The van der Waals surface area contributed by atoms with E-state index in [0.29, 0.717) is 5.56 Å². The van der Waals surface area contributed by atoms with E-state index in [9.17, 15) is 9.59 Å². The quantitative estimate of drug-likeness (QED) is 0.837. The minimum Gasteiger partial charge on any atom is -0.352 e.